The smallest absolute Gasteiger partial charge is 0.243 e. The van der Waals surface area contributed by atoms with E-state index in [0.29, 0.717) is 15.7 Å². The van der Waals surface area contributed by atoms with Crippen molar-refractivity contribution in [2.45, 2.75) is 18.4 Å². The highest BCUT2D eigenvalue weighted by Gasteiger charge is 2.27. The number of amides is 1. The Kier molecular flexibility index (Phi) is 7.62. The van der Waals surface area contributed by atoms with E-state index in [1.807, 2.05) is 31.2 Å². The summed E-state index contributed by atoms with van der Waals surface area (Å²) in [6.07, 6.45) is 0. The van der Waals surface area contributed by atoms with Crippen LogP contribution in [0.3, 0.4) is 0 Å². The van der Waals surface area contributed by atoms with E-state index < -0.39 is 15.9 Å². The third-order valence-electron chi connectivity index (χ3n) is 4.45. The summed E-state index contributed by atoms with van der Waals surface area (Å²) < 4.78 is 27.7. The molecule has 0 aliphatic rings. The molecule has 1 N–H and O–H groups in total. The van der Waals surface area contributed by atoms with Gasteiger partial charge in [0.15, 0.2) is 0 Å². The number of sulfonamides is 1. The van der Waals surface area contributed by atoms with Crippen LogP contribution in [0.4, 0.5) is 5.69 Å². The monoisotopic (exact) mass is 496 g/mol. The first kappa shape index (κ1) is 23.6. The zero-order valence-electron chi connectivity index (χ0n) is 16.5. The average Bonchev–Trinajstić information content (AvgIpc) is 2.72. The van der Waals surface area contributed by atoms with Crippen molar-refractivity contribution in [1.82, 2.24) is 4.31 Å². The lowest BCUT2D eigenvalue weighted by molar-refractivity contribution is -0.116. The Hall–Kier alpha value is -2.09. The van der Waals surface area contributed by atoms with Gasteiger partial charge in [0, 0.05) is 17.3 Å². The van der Waals surface area contributed by atoms with Gasteiger partial charge in [-0.2, -0.15) is 4.31 Å². The molecule has 0 unspecified atom stereocenters. The van der Waals surface area contributed by atoms with Crippen LogP contribution < -0.4 is 5.32 Å². The fourth-order valence-corrected chi connectivity index (χ4v) is 4.62. The maximum atomic E-state index is 13.3. The number of halogens is 3. The van der Waals surface area contributed by atoms with Crippen molar-refractivity contribution in [2.75, 3.05) is 11.9 Å². The quantitative estimate of drug-likeness (QED) is 0.449. The van der Waals surface area contributed by atoms with E-state index in [9.17, 15) is 13.2 Å². The second-order valence-electron chi connectivity index (χ2n) is 6.89. The van der Waals surface area contributed by atoms with Crippen LogP contribution in [0.5, 0.6) is 0 Å². The van der Waals surface area contributed by atoms with Gasteiger partial charge in [0.25, 0.3) is 0 Å². The Morgan fingerprint density at radius 2 is 1.55 bits per heavy atom. The van der Waals surface area contributed by atoms with E-state index >= 15 is 0 Å². The van der Waals surface area contributed by atoms with Crippen LogP contribution in [0.25, 0.3) is 0 Å². The number of carbonyl (C=O) groups excluding carboxylic acids is 1. The maximum absolute atomic E-state index is 13.3. The Morgan fingerprint density at radius 3 is 2.16 bits per heavy atom. The van der Waals surface area contributed by atoms with Gasteiger partial charge >= 0.3 is 0 Å². The van der Waals surface area contributed by atoms with E-state index in [2.05, 4.69) is 5.32 Å². The van der Waals surface area contributed by atoms with Crippen molar-refractivity contribution < 1.29 is 13.2 Å². The molecule has 3 rings (SSSR count). The number of hydrogen-bond acceptors (Lipinski definition) is 3. The van der Waals surface area contributed by atoms with E-state index in [1.54, 1.807) is 12.1 Å². The third-order valence-corrected chi connectivity index (χ3v) is 7.25. The highest BCUT2D eigenvalue weighted by Crippen LogP contribution is 2.25. The third kappa shape index (κ3) is 6.21. The first-order valence-electron chi connectivity index (χ1n) is 9.21. The standard InChI is InChI=1S/C22H19Cl3N2O3S/c1-15-2-4-16(5-3-15)13-27(31(29,30)19-9-6-17(23)7-10-19)14-22(28)26-18-8-11-20(24)21(25)12-18/h2-12H,13-14H2,1H3,(H,26,28). The molecule has 0 bridgehead atoms. The van der Waals surface area contributed by atoms with Crippen molar-refractivity contribution in [1.29, 1.82) is 0 Å². The largest absolute Gasteiger partial charge is 0.325 e. The fourth-order valence-electron chi connectivity index (χ4n) is 2.81. The molecule has 0 aromatic heterocycles. The number of carbonyl (C=O) groups is 1. The molecule has 0 aliphatic carbocycles. The van der Waals surface area contributed by atoms with Crippen molar-refractivity contribution in [3.63, 3.8) is 0 Å². The van der Waals surface area contributed by atoms with Crippen LogP contribution in [-0.2, 0) is 21.4 Å². The Labute approximate surface area is 196 Å². The minimum atomic E-state index is -3.96. The molecule has 0 heterocycles. The molecular formula is C22H19Cl3N2O3S. The second-order valence-corrected chi connectivity index (χ2v) is 10.1. The first-order valence-corrected chi connectivity index (χ1v) is 11.8. The number of aryl methyl sites for hydroxylation is 1. The van der Waals surface area contributed by atoms with Gasteiger partial charge < -0.3 is 5.32 Å². The van der Waals surface area contributed by atoms with Crippen LogP contribution in [0.15, 0.2) is 71.6 Å². The number of benzene rings is 3. The maximum Gasteiger partial charge on any atom is 0.243 e. The summed E-state index contributed by atoms with van der Waals surface area (Å²) in [5.41, 5.74) is 2.22. The number of nitrogens with one attached hydrogen (secondary N) is 1. The zero-order chi connectivity index (χ0) is 22.6. The van der Waals surface area contributed by atoms with Gasteiger partial charge in [0.1, 0.15) is 0 Å². The lowest BCUT2D eigenvalue weighted by Gasteiger charge is -2.22. The molecule has 0 aliphatic heterocycles. The fraction of sp³-hybridized carbons (Fsp3) is 0.136. The predicted molar refractivity (Wildman–Crippen MR) is 125 cm³/mol. The van der Waals surface area contributed by atoms with E-state index in [1.165, 1.54) is 30.3 Å². The Bertz CT molecular complexity index is 1180. The molecule has 3 aromatic rings. The number of hydrogen-bond donors (Lipinski definition) is 1. The number of rotatable bonds is 7. The van der Waals surface area contributed by atoms with Gasteiger partial charge in [-0.3, -0.25) is 4.79 Å². The summed E-state index contributed by atoms with van der Waals surface area (Å²) in [5.74, 6) is -0.511. The molecule has 5 nitrogen and oxygen atoms in total. The van der Waals surface area contributed by atoms with Crippen molar-refractivity contribution in [3.05, 3.63) is 92.9 Å². The Balaban J connectivity index is 1.87. The molecule has 0 spiro atoms. The molecule has 31 heavy (non-hydrogen) atoms. The van der Waals surface area contributed by atoms with Crippen LogP contribution in [0, 0.1) is 6.92 Å². The second kappa shape index (κ2) is 10.0. The molecule has 0 atom stereocenters. The molecule has 0 fully saturated rings. The summed E-state index contributed by atoms with van der Waals surface area (Å²) in [6, 6.07) is 17.9. The molecule has 9 heteroatoms. The van der Waals surface area contributed by atoms with Crippen LogP contribution >= 0.6 is 34.8 Å². The molecule has 3 aromatic carbocycles. The van der Waals surface area contributed by atoms with Gasteiger partial charge in [-0.05, 0) is 55.0 Å². The van der Waals surface area contributed by atoms with Gasteiger partial charge in [-0.1, -0.05) is 64.6 Å². The van der Waals surface area contributed by atoms with Gasteiger partial charge in [-0.25, -0.2) is 8.42 Å². The minimum Gasteiger partial charge on any atom is -0.325 e. The highest BCUT2D eigenvalue weighted by atomic mass is 35.5. The first-order chi connectivity index (χ1) is 14.6. The average molecular weight is 498 g/mol. The van der Waals surface area contributed by atoms with Gasteiger partial charge in [0.05, 0.1) is 21.5 Å². The topological polar surface area (TPSA) is 66.5 Å². The lowest BCUT2D eigenvalue weighted by Crippen LogP contribution is -2.37. The van der Waals surface area contributed by atoms with Gasteiger partial charge in [-0.15, -0.1) is 0 Å². The SMILES string of the molecule is Cc1ccc(CN(CC(=O)Nc2ccc(Cl)c(Cl)c2)S(=O)(=O)c2ccc(Cl)cc2)cc1. The van der Waals surface area contributed by atoms with Crippen molar-refractivity contribution >= 4 is 56.4 Å². The molecule has 0 radical (unpaired) electrons. The highest BCUT2D eigenvalue weighted by molar-refractivity contribution is 7.89. The zero-order valence-corrected chi connectivity index (χ0v) is 19.6. The molecule has 1 amide bonds. The minimum absolute atomic E-state index is 0.0278. The molecular weight excluding hydrogens is 479 g/mol. The number of nitrogens with zero attached hydrogens (tertiary/aromatic N) is 1. The van der Waals surface area contributed by atoms with Gasteiger partial charge in [0.2, 0.25) is 15.9 Å². The Morgan fingerprint density at radius 1 is 0.903 bits per heavy atom. The summed E-state index contributed by atoms with van der Waals surface area (Å²) in [5, 5.41) is 3.71. The van der Waals surface area contributed by atoms with Crippen molar-refractivity contribution in [3.8, 4) is 0 Å². The molecule has 162 valence electrons. The van der Waals surface area contributed by atoms with E-state index in [4.69, 9.17) is 34.8 Å². The lowest BCUT2D eigenvalue weighted by atomic mass is 10.1. The molecule has 0 saturated heterocycles. The van der Waals surface area contributed by atoms with E-state index in [0.717, 1.165) is 15.4 Å². The summed E-state index contributed by atoms with van der Waals surface area (Å²) in [6.45, 7) is 1.58. The molecule has 0 saturated carbocycles. The van der Waals surface area contributed by atoms with Crippen LogP contribution in [0.2, 0.25) is 15.1 Å². The summed E-state index contributed by atoms with van der Waals surface area (Å²) in [4.78, 5) is 12.7. The van der Waals surface area contributed by atoms with Crippen LogP contribution in [-0.4, -0.2) is 25.2 Å². The number of anilines is 1. The van der Waals surface area contributed by atoms with Crippen LogP contribution in [0.1, 0.15) is 11.1 Å². The van der Waals surface area contributed by atoms with E-state index in [-0.39, 0.29) is 23.0 Å². The predicted octanol–water partition coefficient (Wildman–Crippen LogP) is 5.78. The summed E-state index contributed by atoms with van der Waals surface area (Å²) >= 11 is 17.8. The summed E-state index contributed by atoms with van der Waals surface area (Å²) in [7, 11) is -3.96. The van der Waals surface area contributed by atoms with Crippen molar-refractivity contribution in [2.24, 2.45) is 0 Å². The normalized spacial score (nSPS) is 11.5.